The van der Waals surface area contributed by atoms with Gasteiger partial charge in [0.05, 0.1) is 6.61 Å². The second-order valence-corrected chi connectivity index (χ2v) is 16.8. The zero-order valence-corrected chi connectivity index (χ0v) is 16.6. The molecule has 0 heterocycles. The van der Waals surface area contributed by atoms with E-state index in [1.807, 2.05) is 0 Å². The van der Waals surface area contributed by atoms with E-state index in [1.54, 1.807) is 0 Å². The minimum Gasteiger partial charge on any atom is -0.463 e. The topological polar surface area (TPSA) is 26.3 Å². The van der Waals surface area contributed by atoms with E-state index < -0.39 is 6.69 Å². The van der Waals surface area contributed by atoms with Gasteiger partial charge in [0, 0.05) is 6.08 Å². The van der Waals surface area contributed by atoms with Crippen LogP contribution in [0.2, 0.25) is 19.1 Å². The quantitative estimate of drug-likeness (QED) is 0.118. The fraction of sp³-hybridized carbons (Fsp3) is 0.824. The Morgan fingerprint density at radius 2 is 1.38 bits per heavy atom. The van der Waals surface area contributed by atoms with Gasteiger partial charge in [0.2, 0.25) is 0 Å². The Bertz CT molecular complexity index is 274. The van der Waals surface area contributed by atoms with Crippen LogP contribution in [0.5, 0.6) is 0 Å². The second kappa shape index (κ2) is 13.6. The highest BCUT2D eigenvalue weighted by atomic mass is 79.9. The fourth-order valence-corrected chi connectivity index (χ4v) is 4.23. The van der Waals surface area contributed by atoms with Gasteiger partial charge in [0.15, 0.2) is 0 Å². The van der Waals surface area contributed by atoms with Crippen LogP contribution in [0.3, 0.4) is 0 Å². The molecule has 21 heavy (non-hydrogen) atoms. The Kier molecular flexibility index (Phi) is 13.5. The summed E-state index contributed by atoms with van der Waals surface area (Å²) in [5.41, 5.74) is 0. The number of hydrogen-bond donors (Lipinski definition) is 0. The number of halogens is 1. The third-order valence-corrected chi connectivity index (χ3v) is 6.31. The second-order valence-electron chi connectivity index (χ2n) is 6.38. The van der Waals surface area contributed by atoms with Crippen LogP contribution in [0, 0.1) is 0 Å². The van der Waals surface area contributed by atoms with Crippen LogP contribution in [-0.2, 0) is 9.53 Å². The van der Waals surface area contributed by atoms with E-state index in [1.165, 1.54) is 63.5 Å². The molecule has 0 bridgehead atoms. The van der Waals surface area contributed by atoms with Crippen LogP contribution in [0.15, 0.2) is 12.7 Å². The number of unbranched alkanes of at least 4 members (excludes halogenated alkanes) is 9. The highest BCUT2D eigenvalue weighted by molar-refractivity contribution is 9.26. The number of rotatable bonds is 14. The van der Waals surface area contributed by atoms with Crippen molar-refractivity contribution in [3.8, 4) is 0 Å². The Morgan fingerprint density at radius 1 is 0.952 bits per heavy atom. The molecule has 124 valence electrons. The molecule has 0 aliphatic rings. The number of hydrogen-bond acceptors (Lipinski definition) is 2. The predicted octanol–water partition coefficient (Wildman–Crippen LogP) is 6.22. The van der Waals surface area contributed by atoms with Crippen LogP contribution in [0.4, 0.5) is 0 Å². The Hall–Kier alpha value is -0.0931. The van der Waals surface area contributed by atoms with Gasteiger partial charge in [0.25, 0.3) is 0 Å². The maximum Gasteiger partial charge on any atom is 0.330 e. The van der Waals surface area contributed by atoms with Gasteiger partial charge in [-0.3, -0.25) is 0 Å². The first-order valence-electron chi connectivity index (χ1n) is 8.44. The van der Waals surface area contributed by atoms with Crippen LogP contribution >= 0.6 is 15.3 Å². The van der Waals surface area contributed by atoms with E-state index in [2.05, 4.69) is 35.0 Å². The Balaban J connectivity index is 3.09. The highest BCUT2D eigenvalue weighted by Gasteiger charge is 2.14. The van der Waals surface area contributed by atoms with Gasteiger partial charge in [-0.2, -0.15) is 0 Å². The van der Waals surface area contributed by atoms with Gasteiger partial charge in [-0.15, -0.1) is 15.3 Å². The monoisotopic (exact) mass is 376 g/mol. The van der Waals surface area contributed by atoms with Gasteiger partial charge >= 0.3 is 5.97 Å². The van der Waals surface area contributed by atoms with Crippen molar-refractivity contribution in [2.75, 3.05) is 6.61 Å². The number of carbonyl (C=O) groups excluding carboxylic acids is 1. The molecule has 0 aliphatic heterocycles. The molecule has 0 spiro atoms. The molecular formula is C17H33BrO2Si. The maximum atomic E-state index is 10.8. The molecule has 0 N–H and O–H groups in total. The average molecular weight is 377 g/mol. The highest BCUT2D eigenvalue weighted by Crippen LogP contribution is 2.21. The molecule has 4 heteroatoms. The first-order valence-corrected chi connectivity index (χ1v) is 13.9. The van der Waals surface area contributed by atoms with Crippen molar-refractivity contribution in [1.29, 1.82) is 0 Å². The third-order valence-electron chi connectivity index (χ3n) is 3.58. The smallest absolute Gasteiger partial charge is 0.330 e. The summed E-state index contributed by atoms with van der Waals surface area (Å²) in [6.45, 7) is 7.68. The van der Waals surface area contributed by atoms with Gasteiger partial charge in [-0.1, -0.05) is 77.5 Å². The first kappa shape index (κ1) is 20.9. The molecule has 0 unspecified atom stereocenters. The number of ether oxygens (including phenoxy) is 1. The van der Waals surface area contributed by atoms with Gasteiger partial charge < -0.3 is 4.74 Å². The van der Waals surface area contributed by atoms with Crippen molar-refractivity contribution < 1.29 is 9.53 Å². The van der Waals surface area contributed by atoms with Crippen LogP contribution < -0.4 is 0 Å². The molecule has 0 aliphatic carbocycles. The lowest BCUT2D eigenvalue weighted by molar-refractivity contribution is -0.137. The molecule has 0 saturated heterocycles. The molecule has 0 rings (SSSR count). The molecule has 0 saturated carbocycles. The Morgan fingerprint density at radius 3 is 1.81 bits per heavy atom. The van der Waals surface area contributed by atoms with Crippen molar-refractivity contribution in [3.63, 3.8) is 0 Å². The summed E-state index contributed by atoms with van der Waals surface area (Å²) >= 11 is 3.83. The molecule has 0 atom stereocenters. The minimum absolute atomic E-state index is 0.305. The normalized spacial score (nSPS) is 11.4. The minimum atomic E-state index is -0.988. The molecule has 0 aromatic rings. The SMILES string of the molecule is C=CC(=O)OCCCCCCCCCCCC[Si](C)(C)Br. The molecule has 0 aromatic carbocycles. The summed E-state index contributed by atoms with van der Waals surface area (Å²) in [5, 5.41) is 0. The van der Waals surface area contributed by atoms with Gasteiger partial charge in [-0.05, 0) is 12.5 Å². The van der Waals surface area contributed by atoms with Gasteiger partial charge in [0.1, 0.15) is 6.69 Å². The van der Waals surface area contributed by atoms with Crippen molar-refractivity contribution in [2.45, 2.75) is 83.3 Å². The zero-order valence-electron chi connectivity index (χ0n) is 14.0. The molecule has 2 nitrogen and oxygen atoms in total. The van der Waals surface area contributed by atoms with Crippen LogP contribution in [-0.4, -0.2) is 19.3 Å². The lowest BCUT2D eigenvalue weighted by Crippen LogP contribution is -2.13. The largest absolute Gasteiger partial charge is 0.463 e. The van der Waals surface area contributed by atoms with E-state index in [4.69, 9.17) is 4.74 Å². The number of esters is 1. The van der Waals surface area contributed by atoms with E-state index in [-0.39, 0.29) is 5.97 Å². The van der Waals surface area contributed by atoms with Crippen LogP contribution in [0.25, 0.3) is 0 Å². The lowest BCUT2D eigenvalue weighted by atomic mass is 10.1. The van der Waals surface area contributed by atoms with E-state index >= 15 is 0 Å². The summed E-state index contributed by atoms with van der Waals surface area (Å²) in [7, 11) is 0. The average Bonchev–Trinajstić information content (AvgIpc) is 2.42. The predicted molar refractivity (Wildman–Crippen MR) is 98.5 cm³/mol. The van der Waals surface area contributed by atoms with E-state index in [0.717, 1.165) is 12.8 Å². The molecular weight excluding hydrogens is 344 g/mol. The van der Waals surface area contributed by atoms with Crippen molar-refractivity contribution >= 4 is 28.0 Å². The molecule has 0 aromatic heterocycles. The van der Waals surface area contributed by atoms with Crippen LogP contribution in [0.1, 0.15) is 64.2 Å². The van der Waals surface area contributed by atoms with Crippen molar-refractivity contribution in [1.82, 2.24) is 0 Å². The van der Waals surface area contributed by atoms with E-state index in [0.29, 0.717) is 6.61 Å². The molecule has 0 fully saturated rings. The fourth-order valence-electron chi connectivity index (χ4n) is 2.29. The zero-order chi connectivity index (χ0) is 16.0. The maximum absolute atomic E-state index is 10.8. The lowest BCUT2D eigenvalue weighted by Gasteiger charge is -2.12. The third kappa shape index (κ3) is 17.9. The molecule has 0 amide bonds. The number of carbonyl (C=O) groups is 1. The Labute approximate surface area is 140 Å². The van der Waals surface area contributed by atoms with E-state index in [9.17, 15) is 4.79 Å². The van der Waals surface area contributed by atoms with Crippen molar-refractivity contribution in [2.24, 2.45) is 0 Å². The summed E-state index contributed by atoms with van der Waals surface area (Å²) in [5.74, 6) is -0.305. The van der Waals surface area contributed by atoms with Crippen molar-refractivity contribution in [3.05, 3.63) is 12.7 Å². The summed E-state index contributed by atoms with van der Waals surface area (Å²) in [4.78, 5) is 10.8. The standard InChI is InChI=1S/C17H33BrO2Si/c1-4-17(19)20-15-13-11-9-7-5-6-8-10-12-14-16-21(2,3)18/h4H,1,5-16H2,2-3H3. The summed E-state index contributed by atoms with van der Waals surface area (Å²) < 4.78 is 4.94. The van der Waals surface area contributed by atoms with Gasteiger partial charge in [-0.25, -0.2) is 4.79 Å². The first-order chi connectivity index (χ1) is 9.95. The summed E-state index contributed by atoms with van der Waals surface area (Å²) in [6.07, 6.45) is 14.3. The summed E-state index contributed by atoms with van der Waals surface area (Å²) in [6, 6.07) is 1.41. The molecule has 0 radical (unpaired) electrons.